The first-order valence-electron chi connectivity index (χ1n) is 6.91. The van der Waals surface area contributed by atoms with Crippen LogP contribution in [0.15, 0.2) is 47.8 Å². The van der Waals surface area contributed by atoms with Gasteiger partial charge in [-0.3, -0.25) is 0 Å². The maximum absolute atomic E-state index is 12.7. The van der Waals surface area contributed by atoms with E-state index >= 15 is 0 Å². The number of benzene rings is 2. The fourth-order valence-corrected chi connectivity index (χ4v) is 2.79. The predicted molar refractivity (Wildman–Crippen MR) is 87.2 cm³/mol. The number of hydrogen-bond donors (Lipinski definition) is 2. The van der Waals surface area contributed by atoms with Crippen LogP contribution in [0.1, 0.15) is 12.0 Å². The van der Waals surface area contributed by atoms with Gasteiger partial charge in [-0.15, -0.1) is 11.3 Å². The maximum Gasteiger partial charge on any atom is 0.165 e. The lowest BCUT2D eigenvalue weighted by molar-refractivity contribution is 0.439. The van der Waals surface area contributed by atoms with E-state index in [4.69, 9.17) is 5.73 Å². The molecule has 1 aromatic heterocycles. The van der Waals surface area contributed by atoms with Gasteiger partial charge < -0.3 is 10.8 Å². The van der Waals surface area contributed by atoms with Gasteiger partial charge in [0, 0.05) is 10.1 Å². The van der Waals surface area contributed by atoms with Crippen molar-refractivity contribution in [2.24, 2.45) is 5.73 Å². The van der Waals surface area contributed by atoms with E-state index in [-0.39, 0.29) is 11.6 Å². The summed E-state index contributed by atoms with van der Waals surface area (Å²) in [6, 6.07) is 11.3. The normalized spacial score (nSPS) is 10.3. The molecule has 0 aliphatic heterocycles. The number of aromatic hydroxyl groups is 1. The molecule has 0 aliphatic rings. The van der Waals surface area contributed by atoms with E-state index in [1.54, 1.807) is 24.3 Å². The Morgan fingerprint density at radius 1 is 1.09 bits per heavy atom. The molecule has 5 heteroatoms. The van der Waals surface area contributed by atoms with Gasteiger partial charge in [0.05, 0.1) is 0 Å². The maximum atomic E-state index is 12.7. The molecule has 0 unspecified atom stereocenters. The van der Waals surface area contributed by atoms with Crippen LogP contribution in [0.4, 0.5) is 8.78 Å². The standard InChI is InChI=1S/C9H12FN.C8H5FOS/c10-9-5-1-3-8(7-9)4-2-6-11;9-6-1-2-7-5(8(6)10)3-4-11-7/h1,3,5,7H,2,4,6,11H2;1-4,10H. The second-order valence-electron chi connectivity index (χ2n) is 4.75. The molecule has 3 aromatic rings. The molecular weight excluding hydrogens is 304 g/mol. The van der Waals surface area contributed by atoms with Gasteiger partial charge in [-0.05, 0) is 60.7 Å². The zero-order valence-electron chi connectivity index (χ0n) is 11.9. The summed E-state index contributed by atoms with van der Waals surface area (Å²) in [5, 5.41) is 11.6. The monoisotopic (exact) mass is 321 g/mol. The lowest BCUT2D eigenvalue weighted by Gasteiger charge is -1.98. The number of phenols is 1. The van der Waals surface area contributed by atoms with Gasteiger partial charge in [-0.1, -0.05) is 12.1 Å². The minimum Gasteiger partial charge on any atom is -0.504 e. The van der Waals surface area contributed by atoms with Crippen molar-refractivity contribution in [1.82, 2.24) is 0 Å². The van der Waals surface area contributed by atoms with E-state index in [9.17, 15) is 13.9 Å². The molecule has 0 saturated heterocycles. The number of hydrogen-bond acceptors (Lipinski definition) is 3. The Hall–Kier alpha value is -1.98. The van der Waals surface area contributed by atoms with Crippen LogP contribution in [0, 0.1) is 11.6 Å². The molecular formula is C17H17F2NOS. The van der Waals surface area contributed by atoms with Gasteiger partial charge in [0.15, 0.2) is 11.6 Å². The van der Waals surface area contributed by atoms with Crippen molar-refractivity contribution in [2.75, 3.05) is 6.54 Å². The van der Waals surface area contributed by atoms with Crippen LogP contribution in [0.25, 0.3) is 10.1 Å². The van der Waals surface area contributed by atoms with Gasteiger partial charge >= 0.3 is 0 Å². The number of rotatable bonds is 3. The second kappa shape index (κ2) is 7.87. The van der Waals surface area contributed by atoms with Crippen molar-refractivity contribution < 1.29 is 13.9 Å². The van der Waals surface area contributed by atoms with Crippen LogP contribution in [-0.2, 0) is 6.42 Å². The fourth-order valence-electron chi connectivity index (χ4n) is 2.00. The highest BCUT2D eigenvalue weighted by molar-refractivity contribution is 7.17. The molecule has 2 nitrogen and oxygen atoms in total. The molecule has 0 aliphatic carbocycles. The number of halogens is 2. The largest absolute Gasteiger partial charge is 0.504 e. The third kappa shape index (κ3) is 4.26. The van der Waals surface area contributed by atoms with Gasteiger partial charge in [-0.2, -0.15) is 0 Å². The highest BCUT2D eigenvalue weighted by Gasteiger charge is 2.05. The number of fused-ring (bicyclic) bond motifs is 1. The molecule has 1 heterocycles. The third-order valence-electron chi connectivity index (χ3n) is 3.12. The first-order chi connectivity index (χ1) is 10.6. The molecule has 0 bridgehead atoms. The fraction of sp³-hybridized carbons (Fsp3) is 0.176. The Labute approximate surface area is 131 Å². The first-order valence-corrected chi connectivity index (χ1v) is 7.79. The van der Waals surface area contributed by atoms with Crippen LogP contribution in [0.5, 0.6) is 5.75 Å². The second-order valence-corrected chi connectivity index (χ2v) is 5.70. The van der Waals surface area contributed by atoms with Crippen molar-refractivity contribution in [1.29, 1.82) is 0 Å². The molecule has 116 valence electrons. The first kappa shape index (κ1) is 16.4. The molecule has 0 fully saturated rings. The van der Waals surface area contributed by atoms with Crippen LogP contribution in [0.2, 0.25) is 0 Å². The van der Waals surface area contributed by atoms with Gasteiger partial charge in [-0.25, -0.2) is 8.78 Å². The third-order valence-corrected chi connectivity index (χ3v) is 4.00. The van der Waals surface area contributed by atoms with E-state index in [1.807, 2.05) is 11.4 Å². The molecule has 3 N–H and O–H groups in total. The van der Waals surface area contributed by atoms with Crippen molar-refractivity contribution in [2.45, 2.75) is 12.8 Å². The summed E-state index contributed by atoms with van der Waals surface area (Å²) in [7, 11) is 0. The predicted octanol–water partition coefficient (Wildman–Crippen LogP) is 4.46. The lowest BCUT2D eigenvalue weighted by Crippen LogP contribution is -2.00. The summed E-state index contributed by atoms with van der Waals surface area (Å²) in [6.07, 6.45) is 1.79. The Morgan fingerprint density at radius 2 is 1.91 bits per heavy atom. The Kier molecular flexibility index (Phi) is 5.86. The quantitative estimate of drug-likeness (QED) is 0.748. The molecule has 0 amide bonds. The number of phenolic OH excluding ortho intramolecular Hbond substituents is 1. The van der Waals surface area contributed by atoms with Gasteiger partial charge in [0.25, 0.3) is 0 Å². The van der Waals surface area contributed by atoms with E-state index in [2.05, 4.69) is 0 Å². The van der Waals surface area contributed by atoms with Crippen molar-refractivity contribution in [3.63, 3.8) is 0 Å². The van der Waals surface area contributed by atoms with E-state index < -0.39 is 5.82 Å². The van der Waals surface area contributed by atoms with Crippen molar-refractivity contribution in [3.8, 4) is 5.75 Å². The van der Waals surface area contributed by atoms with Crippen molar-refractivity contribution in [3.05, 3.63) is 65.0 Å². The summed E-state index contributed by atoms with van der Waals surface area (Å²) < 4.78 is 26.2. The molecule has 0 saturated carbocycles. The molecule has 0 spiro atoms. The minimum absolute atomic E-state index is 0.167. The van der Waals surface area contributed by atoms with Crippen LogP contribution < -0.4 is 5.73 Å². The topological polar surface area (TPSA) is 46.2 Å². The summed E-state index contributed by atoms with van der Waals surface area (Å²) >= 11 is 1.48. The molecule has 3 rings (SSSR count). The molecule has 0 radical (unpaired) electrons. The summed E-state index contributed by atoms with van der Waals surface area (Å²) in [5.74, 6) is -0.973. The summed E-state index contributed by atoms with van der Waals surface area (Å²) in [6.45, 7) is 0.663. The molecule has 0 atom stereocenters. The van der Waals surface area contributed by atoms with Crippen molar-refractivity contribution >= 4 is 21.4 Å². The Bertz CT molecular complexity index is 742. The van der Waals surface area contributed by atoms with E-state index in [1.165, 1.54) is 23.5 Å². The zero-order chi connectivity index (χ0) is 15.9. The van der Waals surface area contributed by atoms with Crippen LogP contribution in [0.3, 0.4) is 0 Å². The summed E-state index contributed by atoms with van der Waals surface area (Å²) in [4.78, 5) is 0. The van der Waals surface area contributed by atoms with Gasteiger partial charge in [0.1, 0.15) is 5.82 Å². The molecule has 22 heavy (non-hydrogen) atoms. The molecule has 2 aromatic carbocycles. The van der Waals surface area contributed by atoms with Crippen LogP contribution >= 0.6 is 11.3 Å². The average Bonchev–Trinajstić information content (AvgIpc) is 2.99. The van der Waals surface area contributed by atoms with E-state index in [0.29, 0.717) is 11.9 Å². The lowest BCUT2D eigenvalue weighted by atomic mass is 10.1. The van der Waals surface area contributed by atoms with E-state index in [0.717, 1.165) is 23.1 Å². The average molecular weight is 321 g/mol. The highest BCUT2D eigenvalue weighted by Crippen LogP contribution is 2.30. The number of thiophene rings is 1. The zero-order valence-corrected chi connectivity index (χ0v) is 12.7. The SMILES string of the molecule is NCCCc1cccc(F)c1.Oc1c(F)ccc2sccc12. The van der Waals surface area contributed by atoms with Gasteiger partial charge in [0.2, 0.25) is 0 Å². The minimum atomic E-state index is -0.559. The Morgan fingerprint density at radius 3 is 2.64 bits per heavy atom. The Balaban J connectivity index is 0.000000160. The smallest absolute Gasteiger partial charge is 0.165 e. The summed E-state index contributed by atoms with van der Waals surface area (Å²) in [5.41, 5.74) is 6.34. The highest BCUT2D eigenvalue weighted by atomic mass is 32.1. The number of aryl methyl sites for hydroxylation is 1. The number of nitrogens with two attached hydrogens (primary N) is 1. The van der Waals surface area contributed by atoms with Crippen LogP contribution in [-0.4, -0.2) is 11.7 Å².